The summed E-state index contributed by atoms with van der Waals surface area (Å²) in [7, 11) is 0. The molecule has 0 radical (unpaired) electrons. The Balaban J connectivity index is 4.84. The number of carbonyl (C=O) groups excluding carboxylic acids is 1. The van der Waals surface area contributed by atoms with Gasteiger partial charge >= 0.3 is 11.9 Å². The highest BCUT2D eigenvalue weighted by Gasteiger charge is 2.20. The zero-order valence-corrected chi connectivity index (χ0v) is 9.03. The van der Waals surface area contributed by atoms with E-state index in [0.29, 0.717) is 0 Å². The molecular formula is C10H15NO4. The summed E-state index contributed by atoms with van der Waals surface area (Å²) in [6, 6.07) is 0. The van der Waals surface area contributed by atoms with Crippen LogP contribution in [0.2, 0.25) is 0 Å². The van der Waals surface area contributed by atoms with Crippen molar-refractivity contribution in [1.82, 2.24) is 0 Å². The molecule has 0 aliphatic carbocycles. The Labute approximate surface area is 88.3 Å². The average Bonchev–Trinajstić information content (AvgIpc) is 2.13. The summed E-state index contributed by atoms with van der Waals surface area (Å²) < 4.78 is 4.73. The monoisotopic (exact) mass is 213 g/mol. The number of rotatable bonds is 5. The standard InChI is InChI=1S/C10H15NO4/c1-4-15-10(14)8(7(3)11)5-6(2)9(12)13/h5,8,11H,4H2,1-3H3,(H,12,13). The van der Waals surface area contributed by atoms with Crippen LogP contribution in [-0.4, -0.2) is 29.4 Å². The van der Waals surface area contributed by atoms with Crippen molar-refractivity contribution in [2.75, 3.05) is 6.61 Å². The van der Waals surface area contributed by atoms with Crippen molar-refractivity contribution in [2.24, 2.45) is 5.92 Å². The summed E-state index contributed by atoms with van der Waals surface area (Å²) in [4.78, 5) is 21.9. The highest BCUT2D eigenvalue weighted by atomic mass is 16.5. The quantitative estimate of drug-likeness (QED) is 0.408. The number of esters is 1. The second kappa shape index (κ2) is 5.95. The van der Waals surface area contributed by atoms with Crippen LogP contribution in [-0.2, 0) is 14.3 Å². The summed E-state index contributed by atoms with van der Waals surface area (Å²) in [5.41, 5.74) is 0.0914. The number of nitrogens with one attached hydrogen (secondary N) is 1. The smallest absolute Gasteiger partial charge is 0.330 e. The fourth-order valence-electron chi connectivity index (χ4n) is 0.923. The predicted octanol–water partition coefficient (Wildman–Crippen LogP) is 1.24. The lowest BCUT2D eigenvalue weighted by Crippen LogP contribution is -2.23. The van der Waals surface area contributed by atoms with Crippen molar-refractivity contribution in [3.63, 3.8) is 0 Å². The average molecular weight is 213 g/mol. The molecule has 0 saturated carbocycles. The van der Waals surface area contributed by atoms with E-state index in [4.69, 9.17) is 15.3 Å². The number of aliphatic carboxylic acids is 1. The molecule has 84 valence electrons. The van der Waals surface area contributed by atoms with Crippen LogP contribution in [0, 0.1) is 11.3 Å². The molecule has 0 spiro atoms. The topological polar surface area (TPSA) is 87.5 Å². The van der Waals surface area contributed by atoms with Crippen LogP contribution in [0.3, 0.4) is 0 Å². The van der Waals surface area contributed by atoms with Crippen LogP contribution in [0.15, 0.2) is 11.6 Å². The number of carbonyl (C=O) groups is 2. The molecule has 0 aromatic heterocycles. The Morgan fingerprint density at radius 2 is 2.00 bits per heavy atom. The molecule has 0 heterocycles. The summed E-state index contributed by atoms with van der Waals surface area (Å²) >= 11 is 0. The van der Waals surface area contributed by atoms with Crippen molar-refractivity contribution in [3.8, 4) is 0 Å². The first-order chi connectivity index (χ1) is 6.90. The van der Waals surface area contributed by atoms with Crippen molar-refractivity contribution >= 4 is 17.7 Å². The van der Waals surface area contributed by atoms with Crippen molar-refractivity contribution in [1.29, 1.82) is 5.41 Å². The van der Waals surface area contributed by atoms with E-state index in [1.807, 2.05) is 0 Å². The predicted molar refractivity (Wildman–Crippen MR) is 54.9 cm³/mol. The maximum Gasteiger partial charge on any atom is 0.330 e. The van der Waals surface area contributed by atoms with Gasteiger partial charge in [-0.2, -0.15) is 0 Å². The molecule has 15 heavy (non-hydrogen) atoms. The maximum absolute atomic E-state index is 11.3. The van der Waals surface area contributed by atoms with E-state index in [2.05, 4.69) is 0 Å². The van der Waals surface area contributed by atoms with Gasteiger partial charge in [0.15, 0.2) is 0 Å². The van der Waals surface area contributed by atoms with Gasteiger partial charge in [0.2, 0.25) is 0 Å². The van der Waals surface area contributed by atoms with Crippen LogP contribution in [0.5, 0.6) is 0 Å². The van der Waals surface area contributed by atoms with Crippen molar-refractivity contribution < 1.29 is 19.4 Å². The molecule has 5 heteroatoms. The van der Waals surface area contributed by atoms with E-state index in [0.717, 1.165) is 0 Å². The molecule has 0 saturated heterocycles. The SMILES string of the molecule is CCOC(=O)C(C=C(C)C(=O)O)C(C)=N. The lowest BCUT2D eigenvalue weighted by molar-refractivity contribution is -0.144. The molecule has 0 amide bonds. The van der Waals surface area contributed by atoms with Crippen LogP contribution in [0.1, 0.15) is 20.8 Å². The van der Waals surface area contributed by atoms with E-state index in [1.165, 1.54) is 19.9 Å². The number of carboxylic acids is 1. The lowest BCUT2D eigenvalue weighted by Gasteiger charge is -2.10. The molecular weight excluding hydrogens is 198 g/mol. The van der Waals surface area contributed by atoms with Gasteiger partial charge in [0.05, 0.1) is 6.61 Å². The number of carboxylic acid groups (broad SMARTS) is 1. The minimum atomic E-state index is -1.11. The molecule has 0 aromatic carbocycles. The van der Waals surface area contributed by atoms with Gasteiger partial charge in [-0.3, -0.25) is 4.79 Å². The molecule has 0 aliphatic rings. The molecule has 1 atom stereocenters. The van der Waals surface area contributed by atoms with Gasteiger partial charge in [0.25, 0.3) is 0 Å². The maximum atomic E-state index is 11.3. The van der Waals surface area contributed by atoms with Crippen LogP contribution < -0.4 is 0 Å². The Hall–Kier alpha value is -1.65. The van der Waals surface area contributed by atoms with E-state index < -0.39 is 17.9 Å². The Morgan fingerprint density at radius 3 is 2.33 bits per heavy atom. The minimum Gasteiger partial charge on any atom is -0.478 e. The summed E-state index contributed by atoms with van der Waals surface area (Å²) in [6.45, 7) is 4.68. The normalized spacial score (nSPS) is 13.1. The Bertz CT molecular complexity index is 307. The minimum absolute atomic E-state index is 0.0275. The van der Waals surface area contributed by atoms with E-state index >= 15 is 0 Å². The van der Waals surface area contributed by atoms with Crippen molar-refractivity contribution in [2.45, 2.75) is 20.8 Å². The van der Waals surface area contributed by atoms with Gasteiger partial charge in [-0.05, 0) is 20.8 Å². The zero-order chi connectivity index (χ0) is 12.0. The van der Waals surface area contributed by atoms with Gasteiger partial charge in [-0.25, -0.2) is 4.79 Å². The largest absolute Gasteiger partial charge is 0.478 e. The second-order valence-electron chi connectivity index (χ2n) is 3.07. The zero-order valence-electron chi connectivity index (χ0n) is 9.03. The number of hydrogen-bond acceptors (Lipinski definition) is 4. The highest BCUT2D eigenvalue weighted by Crippen LogP contribution is 2.08. The Morgan fingerprint density at radius 1 is 1.47 bits per heavy atom. The lowest BCUT2D eigenvalue weighted by atomic mass is 10.0. The molecule has 2 N–H and O–H groups in total. The number of ether oxygens (including phenoxy) is 1. The molecule has 5 nitrogen and oxygen atoms in total. The van der Waals surface area contributed by atoms with Gasteiger partial charge in [0.1, 0.15) is 5.92 Å². The van der Waals surface area contributed by atoms with Crippen LogP contribution in [0.4, 0.5) is 0 Å². The molecule has 0 bridgehead atoms. The molecule has 0 aromatic rings. The summed E-state index contributed by atoms with van der Waals surface area (Å²) in [5, 5.41) is 16.0. The molecule has 0 fully saturated rings. The highest BCUT2D eigenvalue weighted by molar-refractivity contribution is 6.02. The third kappa shape index (κ3) is 4.39. The summed E-state index contributed by atoms with van der Waals surface area (Å²) in [6.07, 6.45) is 1.22. The van der Waals surface area contributed by atoms with Gasteiger partial charge in [-0.15, -0.1) is 0 Å². The third-order valence-corrected chi connectivity index (χ3v) is 1.76. The molecule has 0 aliphatic heterocycles. The van der Waals surface area contributed by atoms with E-state index in [9.17, 15) is 9.59 Å². The van der Waals surface area contributed by atoms with Crippen LogP contribution in [0.25, 0.3) is 0 Å². The fourth-order valence-corrected chi connectivity index (χ4v) is 0.923. The Kier molecular flexibility index (Phi) is 5.30. The molecule has 0 rings (SSSR count). The third-order valence-electron chi connectivity index (χ3n) is 1.76. The second-order valence-corrected chi connectivity index (χ2v) is 3.07. The first kappa shape index (κ1) is 13.4. The van der Waals surface area contributed by atoms with Crippen molar-refractivity contribution in [3.05, 3.63) is 11.6 Å². The van der Waals surface area contributed by atoms with E-state index in [-0.39, 0.29) is 17.9 Å². The first-order valence-electron chi connectivity index (χ1n) is 4.53. The fraction of sp³-hybridized carbons (Fsp3) is 0.500. The first-order valence-corrected chi connectivity index (χ1v) is 4.53. The van der Waals surface area contributed by atoms with Crippen LogP contribution >= 0.6 is 0 Å². The number of hydrogen-bond donors (Lipinski definition) is 2. The van der Waals surface area contributed by atoms with Gasteiger partial charge < -0.3 is 15.3 Å². The van der Waals surface area contributed by atoms with E-state index in [1.54, 1.807) is 6.92 Å². The molecule has 1 unspecified atom stereocenters. The van der Waals surface area contributed by atoms with Gasteiger partial charge in [0, 0.05) is 11.3 Å². The van der Waals surface area contributed by atoms with Gasteiger partial charge in [-0.1, -0.05) is 6.08 Å². The summed E-state index contributed by atoms with van der Waals surface area (Å²) in [5.74, 6) is -2.60.